The number of nitrogens with two attached hydrogens (primary N) is 2. The Balaban J connectivity index is 2.22. The van der Waals surface area contributed by atoms with E-state index >= 15 is 0 Å². The summed E-state index contributed by atoms with van der Waals surface area (Å²) in [5.74, 6) is 0.288. The highest BCUT2D eigenvalue weighted by Gasteiger charge is 2.30. The molecule has 6 nitrogen and oxygen atoms in total. The van der Waals surface area contributed by atoms with E-state index in [4.69, 9.17) is 11.5 Å². The van der Waals surface area contributed by atoms with Crippen molar-refractivity contribution in [2.45, 2.75) is 12.5 Å². The van der Waals surface area contributed by atoms with E-state index in [1.165, 1.54) is 0 Å². The molecule has 2 rings (SSSR count). The van der Waals surface area contributed by atoms with Crippen molar-refractivity contribution in [2.75, 3.05) is 30.8 Å². The largest absolute Gasteiger partial charge is 0.396 e. The summed E-state index contributed by atoms with van der Waals surface area (Å²) in [6, 6.07) is 3.83. The average molecular weight is 249 g/mol. The number of anilines is 2. The van der Waals surface area contributed by atoms with E-state index in [0.29, 0.717) is 12.2 Å². The predicted molar refractivity (Wildman–Crippen MR) is 71.0 cm³/mol. The van der Waals surface area contributed by atoms with Gasteiger partial charge in [0.05, 0.1) is 11.6 Å². The van der Waals surface area contributed by atoms with Crippen LogP contribution in [0.5, 0.6) is 0 Å². The zero-order valence-corrected chi connectivity index (χ0v) is 10.5. The molecule has 0 aliphatic carbocycles. The number of nitrogens with zero attached hydrogens (tertiary/aromatic N) is 2. The first-order valence-corrected chi connectivity index (χ1v) is 6.04. The number of aromatic nitrogens is 1. The van der Waals surface area contributed by atoms with Gasteiger partial charge in [0.15, 0.2) is 5.82 Å². The molecule has 1 aromatic heterocycles. The maximum atomic E-state index is 11.4. The summed E-state index contributed by atoms with van der Waals surface area (Å²) in [4.78, 5) is 17.7. The van der Waals surface area contributed by atoms with E-state index in [0.717, 1.165) is 18.8 Å². The van der Waals surface area contributed by atoms with Gasteiger partial charge in [0.1, 0.15) is 0 Å². The molecule has 0 saturated carbocycles. The van der Waals surface area contributed by atoms with Gasteiger partial charge in [-0.2, -0.15) is 0 Å². The Labute approximate surface area is 106 Å². The quantitative estimate of drug-likeness (QED) is 0.675. The smallest absolute Gasteiger partial charge is 0.222 e. The van der Waals surface area contributed by atoms with Crippen molar-refractivity contribution in [3.63, 3.8) is 0 Å². The molecule has 1 amide bonds. The molecule has 0 aromatic carbocycles. The highest BCUT2D eigenvalue weighted by atomic mass is 16.1. The summed E-state index contributed by atoms with van der Waals surface area (Å²) in [7, 11) is 1.88. The summed E-state index contributed by atoms with van der Waals surface area (Å²) in [6.07, 6.45) is 2.46. The van der Waals surface area contributed by atoms with Gasteiger partial charge >= 0.3 is 0 Å². The molecule has 2 unspecified atom stereocenters. The second-order valence-corrected chi connectivity index (χ2v) is 4.64. The minimum absolute atomic E-state index is 0.169. The highest BCUT2D eigenvalue weighted by molar-refractivity contribution is 5.78. The van der Waals surface area contributed by atoms with Gasteiger partial charge in [0.2, 0.25) is 5.91 Å². The maximum absolute atomic E-state index is 11.4. The van der Waals surface area contributed by atoms with E-state index in [9.17, 15) is 4.79 Å². The number of carbonyl (C=O) groups is 1. The molecule has 1 saturated heterocycles. The van der Waals surface area contributed by atoms with Crippen molar-refractivity contribution in [1.29, 1.82) is 0 Å². The van der Waals surface area contributed by atoms with Gasteiger partial charge in [0.25, 0.3) is 0 Å². The first kappa shape index (κ1) is 12.6. The van der Waals surface area contributed by atoms with Crippen molar-refractivity contribution in [3.05, 3.63) is 18.3 Å². The molecule has 0 spiro atoms. The third-order valence-corrected chi connectivity index (χ3v) is 3.38. The fourth-order valence-electron chi connectivity index (χ4n) is 2.36. The van der Waals surface area contributed by atoms with Crippen LogP contribution in [-0.4, -0.2) is 37.1 Å². The number of piperidine rings is 1. The van der Waals surface area contributed by atoms with Gasteiger partial charge < -0.3 is 21.7 Å². The maximum Gasteiger partial charge on any atom is 0.222 e. The molecule has 1 aromatic rings. The Morgan fingerprint density at radius 2 is 2.33 bits per heavy atom. The molecule has 0 bridgehead atoms. The molecular formula is C12H19N5O. The topological polar surface area (TPSA) is 97.3 Å². The fourth-order valence-corrected chi connectivity index (χ4v) is 2.36. The summed E-state index contributed by atoms with van der Waals surface area (Å²) >= 11 is 0. The second-order valence-electron chi connectivity index (χ2n) is 4.64. The lowest BCUT2D eigenvalue weighted by molar-refractivity contribution is -0.122. The molecule has 98 valence electrons. The van der Waals surface area contributed by atoms with Gasteiger partial charge in [-0.1, -0.05) is 0 Å². The number of amides is 1. The van der Waals surface area contributed by atoms with Crippen LogP contribution >= 0.6 is 0 Å². The summed E-state index contributed by atoms with van der Waals surface area (Å²) in [5.41, 5.74) is 12.0. The normalized spacial score (nSPS) is 23.9. The van der Waals surface area contributed by atoms with Gasteiger partial charge in [-0.15, -0.1) is 0 Å². The lowest BCUT2D eigenvalue weighted by Crippen LogP contribution is -2.51. The van der Waals surface area contributed by atoms with Gasteiger partial charge in [-0.25, -0.2) is 4.98 Å². The SMILES string of the molecule is CNC1CC(C(N)=O)CN(c2ncccc2N)C1. The molecule has 0 radical (unpaired) electrons. The Morgan fingerprint density at radius 3 is 2.94 bits per heavy atom. The monoisotopic (exact) mass is 249 g/mol. The van der Waals surface area contributed by atoms with E-state index in [2.05, 4.69) is 10.3 Å². The number of pyridine rings is 1. The Hall–Kier alpha value is -1.82. The molecule has 2 heterocycles. The number of carbonyl (C=O) groups excluding carboxylic acids is 1. The molecule has 1 aliphatic rings. The third-order valence-electron chi connectivity index (χ3n) is 3.38. The number of nitrogen functional groups attached to an aromatic ring is 1. The van der Waals surface area contributed by atoms with Crippen LogP contribution in [0.15, 0.2) is 18.3 Å². The van der Waals surface area contributed by atoms with E-state index in [1.807, 2.05) is 18.0 Å². The molecule has 2 atom stereocenters. The highest BCUT2D eigenvalue weighted by Crippen LogP contribution is 2.25. The van der Waals surface area contributed by atoms with Crippen LogP contribution < -0.4 is 21.7 Å². The zero-order valence-electron chi connectivity index (χ0n) is 10.5. The van der Waals surface area contributed by atoms with Crippen LogP contribution in [0.25, 0.3) is 0 Å². The molecular weight excluding hydrogens is 230 g/mol. The van der Waals surface area contributed by atoms with Crippen LogP contribution in [-0.2, 0) is 4.79 Å². The Kier molecular flexibility index (Phi) is 3.66. The predicted octanol–water partition coefficient (Wildman–Crippen LogP) is -0.437. The number of hydrogen-bond donors (Lipinski definition) is 3. The van der Waals surface area contributed by atoms with E-state index in [1.54, 1.807) is 12.3 Å². The average Bonchev–Trinajstić information content (AvgIpc) is 2.38. The first-order valence-electron chi connectivity index (χ1n) is 6.04. The summed E-state index contributed by atoms with van der Waals surface area (Å²) < 4.78 is 0. The van der Waals surface area contributed by atoms with Crippen LogP contribution in [0.3, 0.4) is 0 Å². The van der Waals surface area contributed by atoms with Crippen molar-refractivity contribution in [2.24, 2.45) is 11.7 Å². The number of nitrogens with one attached hydrogen (secondary N) is 1. The van der Waals surface area contributed by atoms with Crippen molar-refractivity contribution < 1.29 is 4.79 Å². The minimum Gasteiger partial charge on any atom is -0.396 e. The van der Waals surface area contributed by atoms with Crippen molar-refractivity contribution in [3.8, 4) is 0 Å². The van der Waals surface area contributed by atoms with E-state index < -0.39 is 0 Å². The van der Waals surface area contributed by atoms with Crippen LogP contribution in [0.2, 0.25) is 0 Å². The molecule has 5 N–H and O–H groups in total. The number of rotatable bonds is 3. The first-order chi connectivity index (χ1) is 8.61. The Morgan fingerprint density at radius 1 is 1.56 bits per heavy atom. The van der Waals surface area contributed by atoms with Crippen molar-refractivity contribution in [1.82, 2.24) is 10.3 Å². The Bertz CT molecular complexity index is 436. The minimum atomic E-state index is -0.269. The van der Waals surface area contributed by atoms with Gasteiger partial charge in [-0.3, -0.25) is 4.79 Å². The van der Waals surface area contributed by atoms with Crippen LogP contribution in [0, 0.1) is 5.92 Å². The standard InChI is InChI=1S/C12H19N5O/c1-15-9-5-8(11(14)18)6-17(7-9)12-10(13)3-2-4-16-12/h2-4,8-9,15H,5-7,13H2,1H3,(H2,14,18). The van der Waals surface area contributed by atoms with Crippen LogP contribution in [0.1, 0.15) is 6.42 Å². The van der Waals surface area contributed by atoms with Gasteiger partial charge in [-0.05, 0) is 25.6 Å². The van der Waals surface area contributed by atoms with Gasteiger partial charge in [0, 0.05) is 25.3 Å². The molecule has 6 heteroatoms. The second kappa shape index (κ2) is 5.22. The van der Waals surface area contributed by atoms with Crippen LogP contribution in [0.4, 0.5) is 11.5 Å². The number of primary amides is 1. The summed E-state index contributed by atoms with van der Waals surface area (Å²) in [6.45, 7) is 1.36. The third kappa shape index (κ3) is 2.53. The van der Waals surface area contributed by atoms with E-state index in [-0.39, 0.29) is 17.9 Å². The number of likely N-dealkylation sites (N-methyl/N-ethyl adjacent to an activating group) is 1. The lowest BCUT2D eigenvalue weighted by atomic mass is 9.93. The molecule has 1 fully saturated rings. The number of hydrogen-bond acceptors (Lipinski definition) is 5. The lowest BCUT2D eigenvalue weighted by Gasteiger charge is -2.37. The molecule has 1 aliphatic heterocycles. The zero-order chi connectivity index (χ0) is 13.1. The van der Waals surface area contributed by atoms with Crippen molar-refractivity contribution >= 4 is 17.4 Å². The summed E-state index contributed by atoms with van der Waals surface area (Å²) in [5, 5.41) is 3.19. The fraction of sp³-hybridized carbons (Fsp3) is 0.500. The molecule has 18 heavy (non-hydrogen) atoms.